The van der Waals surface area contributed by atoms with E-state index < -0.39 is 0 Å². The minimum absolute atomic E-state index is 0.130. The first-order valence-corrected chi connectivity index (χ1v) is 14.7. The number of pyridine rings is 2. The van der Waals surface area contributed by atoms with Gasteiger partial charge in [0, 0.05) is 82.1 Å². The molecule has 0 radical (unpaired) electrons. The predicted molar refractivity (Wildman–Crippen MR) is 162 cm³/mol. The first kappa shape index (κ1) is 25.6. The zero-order valence-electron chi connectivity index (χ0n) is 23.5. The number of hydrogen-bond acceptors (Lipinski definition) is 9. The number of piperazine rings is 2. The van der Waals surface area contributed by atoms with Crippen LogP contribution in [0.3, 0.4) is 0 Å². The van der Waals surface area contributed by atoms with E-state index in [0.29, 0.717) is 17.6 Å². The molecule has 1 aromatic carbocycles. The Labute approximate surface area is 237 Å². The lowest BCUT2D eigenvalue weighted by molar-refractivity contribution is -0.0327. The van der Waals surface area contributed by atoms with Crippen LogP contribution in [0.5, 0.6) is 0 Å². The normalized spacial score (nSPS) is 26.9. The van der Waals surface area contributed by atoms with Gasteiger partial charge in [0.1, 0.15) is 11.9 Å². The van der Waals surface area contributed by atoms with Crippen LogP contribution in [0.1, 0.15) is 18.9 Å². The van der Waals surface area contributed by atoms with Gasteiger partial charge in [-0.1, -0.05) is 6.07 Å². The number of nitrogens with one attached hydrogen (secondary N) is 1. The van der Waals surface area contributed by atoms with Gasteiger partial charge >= 0.3 is 0 Å². The number of nitriles is 1. The minimum atomic E-state index is 0.130. The summed E-state index contributed by atoms with van der Waals surface area (Å²) in [6, 6.07) is 16.1. The molecule has 9 nitrogen and oxygen atoms in total. The second-order valence-corrected chi connectivity index (χ2v) is 11.9. The summed E-state index contributed by atoms with van der Waals surface area (Å²) in [6.45, 7) is 10.9. The third-order valence-electron chi connectivity index (χ3n) is 9.04. The number of fused-ring (bicyclic) bond motifs is 3. The molecule has 0 amide bonds. The number of benzene rings is 1. The minimum Gasteiger partial charge on any atom is -0.370 e. The number of anilines is 3. The molecule has 4 atom stereocenters. The fourth-order valence-corrected chi connectivity index (χ4v) is 7.06. The van der Waals surface area contributed by atoms with Gasteiger partial charge in [0.05, 0.1) is 35.2 Å². The summed E-state index contributed by atoms with van der Waals surface area (Å²) in [5, 5.41) is 14.2. The summed E-state index contributed by atoms with van der Waals surface area (Å²) in [7, 11) is 1.97. The maximum Gasteiger partial charge on any atom is 0.163 e. The fraction of sp³-hybridized carbons (Fsp3) is 0.500. The summed E-state index contributed by atoms with van der Waals surface area (Å²) >= 11 is 0. The van der Waals surface area contributed by atoms with Gasteiger partial charge in [0.2, 0.25) is 0 Å². The summed E-state index contributed by atoms with van der Waals surface area (Å²) in [4.78, 5) is 19.4. The van der Waals surface area contributed by atoms with Crippen molar-refractivity contribution in [2.75, 3.05) is 73.6 Å². The van der Waals surface area contributed by atoms with E-state index in [1.54, 1.807) is 0 Å². The predicted octanol–water partition coefficient (Wildman–Crippen LogP) is 0.726. The lowest BCUT2D eigenvalue weighted by atomic mass is 10.00. The van der Waals surface area contributed by atoms with Crippen molar-refractivity contribution < 1.29 is 4.74 Å². The number of aromatic nitrogens is 2. The number of hydrogen-bond donors (Lipinski definition) is 1. The second kappa shape index (κ2) is 10.5. The molecule has 4 aliphatic heterocycles. The van der Waals surface area contributed by atoms with Gasteiger partial charge in [-0.2, -0.15) is 5.26 Å². The first-order valence-electron chi connectivity index (χ1n) is 14.7. The van der Waals surface area contributed by atoms with Crippen LogP contribution >= 0.6 is 0 Å². The molecule has 0 spiro atoms. The molecule has 4 fully saturated rings. The fourth-order valence-electron chi connectivity index (χ4n) is 7.06. The van der Waals surface area contributed by atoms with Crippen LogP contribution in [-0.4, -0.2) is 106 Å². The summed E-state index contributed by atoms with van der Waals surface area (Å²) < 4.78 is 6.43. The Morgan fingerprint density at radius 2 is 1.93 bits per heavy atom. The van der Waals surface area contributed by atoms with Gasteiger partial charge in [0.25, 0.3) is 0 Å². The van der Waals surface area contributed by atoms with E-state index in [0.717, 1.165) is 86.9 Å². The average Bonchev–Trinajstić information content (AvgIpc) is 3.61. The molecular formula is C30H37BN8O. The smallest absolute Gasteiger partial charge is 0.163 e. The van der Waals surface area contributed by atoms with Crippen molar-refractivity contribution in [3.63, 3.8) is 0 Å². The highest BCUT2D eigenvalue weighted by Gasteiger charge is 2.38. The Kier molecular flexibility index (Phi) is 6.74. The molecule has 4 aliphatic rings. The van der Waals surface area contributed by atoms with Crippen molar-refractivity contribution in [1.29, 1.82) is 5.26 Å². The molecule has 6 heterocycles. The lowest BCUT2D eigenvalue weighted by Crippen LogP contribution is -2.54. The standard InChI is InChI=1S/C30H37BN8O/c1-20-16-38(27-5-2-21(13-32)30-26(27)4-6-28(31)35-30)19-25(40-20)18-36-8-10-37(11-9-36)23-3-7-29(34-14-23)39-17-22-12-24(39)15-33-22/h2-7,14,20,22,24-25,33H,8-12,15-19,31H2,1H3/t20-,22-,24-,25+/m1/s1. The molecule has 0 unspecified atom stereocenters. The number of ether oxygens (including phenoxy) is 1. The van der Waals surface area contributed by atoms with Crippen LogP contribution in [0.25, 0.3) is 10.9 Å². The molecule has 206 valence electrons. The monoisotopic (exact) mass is 536 g/mol. The van der Waals surface area contributed by atoms with Crippen molar-refractivity contribution in [3.8, 4) is 6.07 Å². The topological polar surface area (TPSA) is 83.8 Å². The SMILES string of the molecule is Bc1ccc2c(N3C[C@H](CN4CCN(c5ccc(N6C[C@H]7C[C@@H]6CN7)nc5)CC4)O[C@H](C)C3)ccc(C#N)c2n1. The number of morpholine rings is 1. The van der Waals surface area contributed by atoms with Crippen molar-refractivity contribution >= 4 is 41.5 Å². The van der Waals surface area contributed by atoms with Crippen molar-refractivity contribution in [2.45, 2.75) is 37.6 Å². The highest BCUT2D eigenvalue weighted by molar-refractivity contribution is 6.31. The van der Waals surface area contributed by atoms with E-state index in [1.165, 1.54) is 12.1 Å². The van der Waals surface area contributed by atoms with Crippen molar-refractivity contribution in [1.82, 2.24) is 20.2 Å². The van der Waals surface area contributed by atoms with E-state index in [2.05, 4.69) is 68.4 Å². The molecule has 7 rings (SSSR count). The average molecular weight is 536 g/mol. The van der Waals surface area contributed by atoms with Crippen LogP contribution in [0, 0.1) is 11.3 Å². The van der Waals surface area contributed by atoms with Crippen LogP contribution in [0.15, 0.2) is 42.6 Å². The third-order valence-corrected chi connectivity index (χ3v) is 9.04. The summed E-state index contributed by atoms with van der Waals surface area (Å²) in [6.07, 6.45) is 3.57. The summed E-state index contributed by atoms with van der Waals surface area (Å²) in [5.41, 5.74) is 4.70. The maximum atomic E-state index is 9.62. The lowest BCUT2D eigenvalue weighted by Gasteiger charge is -2.42. The third kappa shape index (κ3) is 4.87. The van der Waals surface area contributed by atoms with Gasteiger partial charge in [-0.25, -0.2) is 4.98 Å². The second-order valence-electron chi connectivity index (χ2n) is 11.9. The molecular weight excluding hydrogens is 499 g/mol. The van der Waals surface area contributed by atoms with E-state index >= 15 is 0 Å². The first-order chi connectivity index (χ1) is 19.5. The van der Waals surface area contributed by atoms with Gasteiger partial charge < -0.3 is 24.8 Å². The molecule has 40 heavy (non-hydrogen) atoms. The van der Waals surface area contributed by atoms with Crippen molar-refractivity contribution in [2.24, 2.45) is 0 Å². The van der Waals surface area contributed by atoms with Crippen LogP contribution in [0.4, 0.5) is 17.2 Å². The Morgan fingerprint density at radius 1 is 1.05 bits per heavy atom. The Balaban J connectivity index is 0.976. The van der Waals surface area contributed by atoms with E-state index in [-0.39, 0.29) is 12.2 Å². The van der Waals surface area contributed by atoms with E-state index in [9.17, 15) is 5.26 Å². The Hall–Kier alpha value is -3.39. The highest BCUT2D eigenvalue weighted by atomic mass is 16.5. The summed E-state index contributed by atoms with van der Waals surface area (Å²) in [5.74, 6) is 1.12. The van der Waals surface area contributed by atoms with Crippen LogP contribution in [0.2, 0.25) is 0 Å². The zero-order valence-corrected chi connectivity index (χ0v) is 23.5. The van der Waals surface area contributed by atoms with Gasteiger partial charge in [-0.05, 0) is 49.3 Å². The van der Waals surface area contributed by atoms with Gasteiger partial charge in [0.15, 0.2) is 7.85 Å². The van der Waals surface area contributed by atoms with E-state index in [4.69, 9.17) is 14.7 Å². The highest BCUT2D eigenvalue weighted by Crippen LogP contribution is 2.31. The number of nitrogens with zero attached hydrogens (tertiary/aromatic N) is 7. The largest absolute Gasteiger partial charge is 0.370 e. The molecule has 3 aromatic rings. The van der Waals surface area contributed by atoms with Gasteiger partial charge in [-0.3, -0.25) is 9.88 Å². The zero-order chi connectivity index (χ0) is 27.2. The quantitative estimate of drug-likeness (QED) is 0.475. The maximum absolute atomic E-state index is 9.62. The molecule has 4 saturated heterocycles. The van der Waals surface area contributed by atoms with Crippen LogP contribution in [-0.2, 0) is 4.74 Å². The van der Waals surface area contributed by atoms with E-state index in [1.807, 2.05) is 20.0 Å². The van der Waals surface area contributed by atoms with Crippen LogP contribution < -0.4 is 25.6 Å². The molecule has 1 N–H and O–H groups in total. The molecule has 10 heteroatoms. The van der Waals surface area contributed by atoms with Gasteiger partial charge in [-0.15, -0.1) is 0 Å². The number of rotatable bonds is 5. The Bertz CT molecular complexity index is 1420. The molecule has 0 aliphatic carbocycles. The molecule has 0 saturated carbocycles. The Morgan fingerprint density at radius 3 is 2.65 bits per heavy atom. The molecule has 2 aromatic heterocycles. The van der Waals surface area contributed by atoms with Crippen molar-refractivity contribution in [3.05, 3.63) is 48.2 Å². The molecule has 2 bridgehead atoms.